The Labute approximate surface area is 232 Å². The highest BCUT2D eigenvalue weighted by Gasteiger charge is 2.20. The van der Waals surface area contributed by atoms with Crippen LogP contribution in [0.1, 0.15) is 27.8 Å². The summed E-state index contributed by atoms with van der Waals surface area (Å²) in [6.07, 6.45) is 0. The molecular formula is C36H30N4. The molecule has 0 radical (unpaired) electrons. The fourth-order valence-electron chi connectivity index (χ4n) is 6.41. The van der Waals surface area contributed by atoms with Gasteiger partial charge in [-0.05, 0) is 118 Å². The van der Waals surface area contributed by atoms with E-state index in [1.165, 1.54) is 60.8 Å². The van der Waals surface area contributed by atoms with Crippen molar-refractivity contribution in [2.75, 3.05) is 0 Å². The zero-order chi connectivity index (χ0) is 27.3. The zero-order valence-electron chi connectivity index (χ0n) is 23.4. The van der Waals surface area contributed by atoms with Gasteiger partial charge in [0.15, 0.2) is 0 Å². The van der Waals surface area contributed by atoms with Crippen molar-refractivity contribution in [3.8, 4) is 11.4 Å². The largest absolute Gasteiger partial charge is 0.309 e. The molecule has 3 aromatic heterocycles. The van der Waals surface area contributed by atoms with Crippen molar-refractivity contribution in [1.82, 2.24) is 18.5 Å². The highest BCUT2D eigenvalue weighted by molar-refractivity contribution is 6.10. The van der Waals surface area contributed by atoms with Gasteiger partial charge in [-0.1, -0.05) is 35.9 Å². The SMILES string of the molecule is Cc1ccc(C)c(-n2c3ccc(C)cc3c3cc(-n4c5ccc(C)cc5n5c6cc(C)ccc6nc45)ccc32)c1. The summed E-state index contributed by atoms with van der Waals surface area (Å²) < 4.78 is 7.06. The van der Waals surface area contributed by atoms with E-state index in [9.17, 15) is 0 Å². The van der Waals surface area contributed by atoms with Crippen LogP contribution in [0.5, 0.6) is 0 Å². The lowest BCUT2D eigenvalue weighted by atomic mass is 10.1. The molecule has 8 aromatic rings. The topological polar surface area (TPSA) is 27.2 Å². The number of hydrogen-bond acceptors (Lipinski definition) is 1. The molecule has 4 nitrogen and oxygen atoms in total. The zero-order valence-corrected chi connectivity index (χ0v) is 23.4. The minimum Gasteiger partial charge on any atom is -0.309 e. The second-order valence-corrected chi connectivity index (χ2v) is 11.4. The van der Waals surface area contributed by atoms with Crippen LogP contribution in [-0.2, 0) is 0 Å². The van der Waals surface area contributed by atoms with Crippen molar-refractivity contribution < 1.29 is 0 Å². The highest BCUT2D eigenvalue weighted by atomic mass is 15.2. The van der Waals surface area contributed by atoms with E-state index in [0.717, 1.165) is 28.0 Å². The maximum atomic E-state index is 5.15. The second kappa shape index (κ2) is 8.09. The van der Waals surface area contributed by atoms with E-state index < -0.39 is 0 Å². The first-order chi connectivity index (χ1) is 19.4. The summed E-state index contributed by atoms with van der Waals surface area (Å²) in [4.78, 5) is 5.15. The van der Waals surface area contributed by atoms with Crippen LogP contribution in [0, 0.1) is 34.6 Å². The minimum atomic E-state index is 0.940. The van der Waals surface area contributed by atoms with Gasteiger partial charge in [-0.25, -0.2) is 4.98 Å². The molecule has 0 atom stereocenters. The molecule has 4 heteroatoms. The van der Waals surface area contributed by atoms with Gasteiger partial charge in [0.1, 0.15) is 0 Å². The predicted molar refractivity (Wildman–Crippen MR) is 168 cm³/mol. The summed E-state index contributed by atoms with van der Waals surface area (Å²) in [6, 6.07) is 33.6. The highest BCUT2D eigenvalue weighted by Crippen LogP contribution is 2.37. The average Bonchev–Trinajstić information content (AvgIpc) is 3.56. The lowest BCUT2D eigenvalue weighted by molar-refractivity contribution is 1.11. The summed E-state index contributed by atoms with van der Waals surface area (Å²) in [7, 11) is 0. The van der Waals surface area contributed by atoms with Gasteiger partial charge in [0.2, 0.25) is 5.78 Å². The molecule has 0 N–H and O–H groups in total. The minimum absolute atomic E-state index is 0.940. The Bertz CT molecular complexity index is 2320. The van der Waals surface area contributed by atoms with Gasteiger partial charge in [0, 0.05) is 22.1 Å². The molecule has 0 saturated carbocycles. The molecule has 0 amide bonds. The molecule has 0 aliphatic carbocycles. The van der Waals surface area contributed by atoms with Crippen molar-refractivity contribution >= 4 is 49.7 Å². The number of benzene rings is 5. The van der Waals surface area contributed by atoms with Crippen LogP contribution in [0.3, 0.4) is 0 Å². The summed E-state index contributed by atoms with van der Waals surface area (Å²) >= 11 is 0. The molecule has 0 aliphatic rings. The molecule has 0 unspecified atom stereocenters. The molecule has 0 fully saturated rings. The lowest BCUT2D eigenvalue weighted by Crippen LogP contribution is -1.98. The summed E-state index contributed by atoms with van der Waals surface area (Å²) in [5.74, 6) is 0.940. The van der Waals surface area contributed by atoms with Gasteiger partial charge in [-0.3, -0.25) is 8.97 Å². The van der Waals surface area contributed by atoms with Gasteiger partial charge in [0.05, 0.1) is 33.1 Å². The number of hydrogen-bond donors (Lipinski definition) is 0. The summed E-state index contributed by atoms with van der Waals surface area (Å²) in [5.41, 5.74) is 15.5. The third-order valence-electron chi connectivity index (χ3n) is 8.37. The third kappa shape index (κ3) is 3.16. The van der Waals surface area contributed by atoms with Gasteiger partial charge in [-0.2, -0.15) is 0 Å². The molecule has 5 aromatic carbocycles. The Morgan fingerprint density at radius 1 is 0.475 bits per heavy atom. The van der Waals surface area contributed by atoms with Crippen LogP contribution in [0.4, 0.5) is 0 Å². The molecule has 8 rings (SSSR count). The summed E-state index contributed by atoms with van der Waals surface area (Å²) in [5, 5.41) is 2.52. The van der Waals surface area contributed by atoms with Gasteiger partial charge in [0.25, 0.3) is 0 Å². The van der Waals surface area contributed by atoms with Gasteiger partial charge in [-0.15, -0.1) is 0 Å². The van der Waals surface area contributed by atoms with E-state index in [-0.39, 0.29) is 0 Å². The third-order valence-corrected chi connectivity index (χ3v) is 8.37. The first-order valence-electron chi connectivity index (χ1n) is 13.9. The van der Waals surface area contributed by atoms with E-state index >= 15 is 0 Å². The Morgan fingerprint density at radius 3 is 1.88 bits per heavy atom. The summed E-state index contributed by atoms with van der Waals surface area (Å²) in [6.45, 7) is 10.8. The molecule has 0 bridgehead atoms. The number of aromatic nitrogens is 4. The Hall–Kier alpha value is -4.83. The van der Waals surface area contributed by atoms with Crippen LogP contribution < -0.4 is 0 Å². The van der Waals surface area contributed by atoms with E-state index in [4.69, 9.17) is 4.98 Å². The Balaban J connectivity index is 1.49. The number of fused-ring (bicyclic) bond motifs is 8. The number of aryl methyl sites for hydroxylation is 5. The van der Waals surface area contributed by atoms with Crippen LogP contribution in [0.2, 0.25) is 0 Å². The Morgan fingerprint density at radius 2 is 1.07 bits per heavy atom. The smallest absolute Gasteiger partial charge is 0.220 e. The second-order valence-electron chi connectivity index (χ2n) is 11.4. The Kier molecular flexibility index (Phi) is 4.67. The van der Waals surface area contributed by atoms with Crippen molar-refractivity contribution in [3.63, 3.8) is 0 Å². The number of rotatable bonds is 2. The fraction of sp³-hybridized carbons (Fsp3) is 0.139. The maximum absolute atomic E-state index is 5.15. The predicted octanol–water partition coefficient (Wildman–Crippen LogP) is 9.07. The standard InChI is InChI=1S/C36H30N4/c1-21-8-13-30-27(16-21)28-20-26(11-15-31(28)39(30)33-17-22(2)6-10-25(33)5)38-32-14-9-24(4)19-35(32)40-34-18-23(3)7-12-29(34)37-36(38)40/h6-20H,1-5H3. The molecule has 194 valence electrons. The number of imidazole rings is 2. The maximum Gasteiger partial charge on any atom is 0.220 e. The van der Waals surface area contributed by atoms with Crippen molar-refractivity contribution in [1.29, 1.82) is 0 Å². The average molecular weight is 519 g/mol. The van der Waals surface area contributed by atoms with Gasteiger partial charge < -0.3 is 4.57 Å². The number of nitrogens with zero attached hydrogens (tertiary/aromatic N) is 4. The fourth-order valence-corrected chi connectivity index (χ4v) is 6.41. The van der Waals surface area contributed by atoms with Crippen LogP contribution in [0.25, 0.3) is 61.0 Å². The van der Waals surface area contributed by atoms with E-state index in [0.29, 0.717) is 0 Å². The molecule has 0 saturated heterocycles. The molecule has 0 aliphatic heterocycles. The van der Waals surface area contributed by atoms with E-state index in [1.54, 1.807) is 0 Å². The van der Waals surface area contributed by atoms with Crippen molar-refractivity contribution in [3.05, 3.63) is 119 Å². The van der Waals surface area contributed by atoms with Crippen molar-refractivity contribution in [2.45, 2.75) is 34.6 Å². The molecule has 3 heterocycles. The van der Waals surface area contributed by atoms with Gasteiger partial charge >= 0.3 is 0 Å². The molecule has 0 spiro atoms. The van der Waals surface area contributed by atoms with Crippen LogP contribution >= 0.6 is 0 Å². The first kappa shape index (κ1) is 23.1. The van der Waals surface area contributed by atoms with Crippen LogP contribution in [-0.4, -0.2) is 18.5 Å². The normalized spacial score (nSPS) is 12.1. The quantitative estimate of drug-likeness (QED) is 0.224. The van der Waals surface area contributed by atoms with Crippen molar-refractivity contribution in [2.24, 2.45) is 0 Å². The molecular weight excluding hydrogens is 488 g/mol. The van der Waals surface area contributed by atoms with E-state index in [1.807, 2.05) is 0 Å². The van der Waals surface area contributed by atoms with E-state index in [2.05, 4.69) is 139 Å². The first-order valence-corrected chi connectivity index (χ1v) is 13.9. The molecule has 40 heavy (non-hydrogen) atoms. The lowest BCUT2D eigenvalue weighted by Gasteiger charge is -2.12. The van der Waals surface area contributed by atoms with Crippen LogP contribution in [0.15, 0.2) is 91.0 Å². The monoisotopic (exact) mass is 518 g/mol.